The maximum absolute atomic E-state index is 9.61. The number of benzene rings is 2. The van der Waals surface area contributed by atoms with Gasteiger partial charge in [0.2, 0.25) is 0 Å². The minimum absolute atomic E-state index is 0.326. The molecule has 0 spiro atoms. The molecule has 0 heterocycles. The van der Waals surface area contributed by atoms with E-state index in [0.717, 1.165) is 30.1 Å². The number of rotatable bonds is 7. The first-order valence-corrected chi connectivity index (χ1v) is 6.91. The second-order valence-electron chi connectivity index (χ2n) is 4.64. The van der Waals surface area contributed by atoms with Crippen LogP contribution in [0, 0.1) is 0 Å². The summed E-state index contributed by atoms with van der Waals surface area (Å²) in [6.07, 6.45) is 1.31. The van der Waals surface area contributed by atoms with Crippen molar-refractivity contribution in [3.8, 4) is 17.2 Å². The van der Waals surface area contributed by atoms with Gasteiger partial charge in [-0.15, -0.1) is 0 Å². The van der Waals surface area contributed by atoms with E-state index < -0.39 is 6.10 Å². The van der Waals surface area contributed by atoms with Crippen molar-refractivity contribution in [2.24, 2.45) is 0 Å². The van der Waals surface area contributed by atoms with Crippen LogP contribution in [0.5, 0.6) is 17.2 Å². The van der Waals surface area contributed by atoms with Crippen molar-refractivity contribution in [2.45, 2.75) is 25.9 Å². The van der Waals surface area contributed by atoms with Crippen LogP contribution in [0.25, 0.3) is 0 Å². The molecule has 0 saturated heterocycles. The third-order valence-electron chi connectivity index (χ3n) is 2.87. The lowest BCUT2D eigenvalue weighted by Crippen LogP contribution is -2.16. The van der Waals surface area contributed by atoms with Gasteiger partial charge in [-0.25, -0.2) is 0 Å². The highest BCUT2D eigenvalue weighted by Crippen LogP contribution is 2.23. The van der Waals surface area contributed by atoms with Crippen molar-refractivity contribution < 1.29 is 14.6 Å². The fraction of sp³-hybridized carbons (Fsp3) is 0.294. The molecule has 0 amide bonds. The molecule has 0 aliphatic rings. The Labute approximate surface area is 119 Å². The Hall–Kier alpha value is -2.00. The molecule has 106 valence electrons. The molecule has 0 fully saturated rings. The van der Waals surface area contributed by atoms with Gasteiger partial charge in [-0.2, -0.15) is 0 Å². The lowest BCUT2D eigenvalue weighted by Gasteiger charge is -2.12. The van der Waals surface area contributed by atoms with Crippen molar-refractivity contribution in [3.63, 3.8) is 0 Å². The number of aliphatic hydroxyl groups is 1. The number of hydrogen-bond acceptors (Lipinski definition) is 3. The normalized spacial score (nSPS) is 11.9. The second-order valence-corrected chi connectivity index (χ2v) is 4.64. The van der Waals surface area contributed by atoms with E-state index in [4.69, 9.17) is 9.47 Å². The lowest BCUT2D eigenvalue weighted by atomic mass is 10.2. The maximum Gasteiger partial charge on any atom is 0.127 e. The van der Waals surface area contributed by atoms with Crippen LogP contribution in [0.4, 0.5) is 0 Å². The Morgan fingerprint density at radius 2 is 1.50 bits per heavy atom. The number of hydrogen-bond donors (Lipinski definition) is 1. The first kappa shape index (κ1) is 14.4. The first-order valence-electron chi connectivity index (χ1n) is 6.91. The van der Waals surface area contributed by atoms with Gasteiger partial charge in [0.05, 0.1) is 6.10 Å². The van der Waals surface area contributed by atoms with Crippen molar-refractivity contribution in [1.82, 2.24) is 0 Å². The monoisotopic (exact) mass is 272 g/mol. The molecule has 3 heteroatoms. The van der Waals surface area contributed by atoms with Crippen molar-refractivity contribution in [3.05, 3.63) is 54.6 Å². The summed E-state index contributed by atoms with van der Waals surface area (Å²) in [6, 6.07) is 17.0. The van der Waals surface area contributed by atoms with E-state index in [1.165, 1.54) is 0 Å². The van der Waals surface area contributed by atoms with E-state index in [2.05, 4.69) is 0 Å². The quantitative estimate of drug-likeness (QED) is 0.827. The molecule has 20 heavy (non-hydrogen) atoms. The highest BCUT2D eigenvalue weighted by Gasteiger charge is 2.04. The Morgan fingerprint density at radius 3 is 2.15 bits per heavy atom. The number of ether oxygens (including phenoxy) is 2. The van der Waals surface area contributed by atoms with Gasteiger partial charge in [0.25, 0.3) is 0 Å². The van der Waals surface area contributed by atoms with Gasteiger partial charge in [0.15, 0.2) is 0 Å². The Kier molecular flexibility index (Phi) is 5.44. The van der Waals surface area contributed by atoms with Gasteiger partial charge < -0.3 is 14.6 Å². The third-order valence-corrected chi connectivity index (χ3v) is 2.87. The molecular formula is C17H20O3. The minimum Gasteiger partial charge on any atom is -0.491 e. The topological polar surface area (TPSA) is 38.7 Å². The Morgan fingerprint density at radius 1 is 0.900 bits per heavy atom. The zero-order valence-electron chi connectivity index (χ0n) is 11.7. The van der Waals surface area contributed by atoms with Gasteiger partial charge >= 0.3 is 0 Å². The summed E-state index contributed by atoms with van der Waals surface area (Å²) < 4.78 is 11.2. The molecule has 2 aromatic rings. The van der Waals surface area contributed by atoms with Crippen LogP contribution < -0.4 is 9.47 Å². The molecule has 3 nitrogen and oxygen atoms in total. The molecular weight excluding hydrogens is 252 g/mol. The molecule has 1 atom stereocenters. The molecule has 0 aromatic heterocycles. The standard InChI is InChI=1S/C17H20O3/c1-2-6-14(18)13-19-15-9-11-17(12-10-15)20-16-7-4-3-5-8-16/h3-5,7-12,14,18H,2,6,13H2,1H3. The molecule has 0 aliphatic carbocycles. The number of aliphatic hydroxyl groups excluding tert-OH is 1. The van der Waals surface area contributed by atoms with Crippen molar-refractivity contribution >= 4 is 0 Å². The summed E-state index contributed by atoms with van der Waals surface area (Å²) in [4.78, 5) is 0. The lowest BCUT2D eigenvalue weighted by molar-refractivity contribution is 0.0993. The Bertz CT molecular complexity index is 493. The molecule has 0 aliphatic heterocycles. The van der Waals surface area contributed by atoms with Gasteiger partial charge in [-0.05, 0) is 42.8 Å². The van der Waals surface area contributed by atoms with Crippen LogP contribution in [0.1, 0.15) is 19.8 Å². The van der Waals surface area contributed by atoms with Crippen LogP contribution in [-0.4, -0.2) is 17.8 Å². The van der Waals surface area contributed by atoms with Crippen LogP contribution >= 0.6 is 0 Å². The molecule has 0 bridgehead atoms. The van der Waals surface area contributed by atoms with E-state index in [9.17, 15) is 5.11 Å². The van der Waals surface area contributed by atoms with Crippen LogP contribution in [-0.2, 0) is 0 Å². The van der Waals surface area contributed by atoms with Crippen LogP contribution in [0.15, 0.2) is 54.6 Å². The van der Waals surface area contributed by atoms with Gasteiger partial charge in [0, 0.05) is 0 Å². The highest BCUT2D eigenvalue weighted by molar-refractivity contribution is 5.35. The summed E-state index contributed by atoms with van der Waals surface area (Å²) in [7, 11) is 0. The summed E-state index contributed by atoms with van der Waals surface area (Å²) in [5, 5.41) is 9.61. The molecule has 1 unspecified atom stereocenters. The van der Waals surface area contributed by atoms with Crippen LogP contribution in [0.3, 0.4) is 0 Å². The number of para-hydroxylation sites is 1. The zero-order chi connectivity index (χ0) is 14.2. The smallest absolute Gasteiger partial charge is 0.127 e. The van der Waals surface area contributed by atoms with Gasteiger partial charge in [-0.3, -0.25) is 0 Å². The fourth-order valence-corrected chi connectivity index (χ4v) is 1.84. The molecule has 0 radical (unpaired) electrons. The van der Waals surface area contributed by atoms with Crippen molar-refractivity contribution in [2.75, 3.05) is 6.61 Å². The predicted molar refractivity (Wildman–Crippen MR) is 79.4 cm³/mol. The van der Waals surface area contributed by atoms with Gasteiger partial charge in [0.1, 0.15) is 23.9 Å². The minimum atomic E-state index is -0.403. The van der Waals surface area contributed by atoms with Crippen molar-refractivity contribution in [1.29, 1.82) is 0 Å². The predicted octanol–water partition coefficient (Wildman–Crippen LogP) is 4.02. The first-order chi connectivity index (χ1) is 9.78. The summed E-state index contributed by atoms with van der Waals surface area (Å²) >= 11 is 0. The molecule has 2 rings (SSSR count). The third kappa shape index (κ3) is 4.59. The maximum atomic E-state index is 9.61. The SMILES string of the molecule is CCCC(O)COc1ccc(Oc2ccccc2)cc1. The average Bonchev–Trinajstić information content (AvgIpc) is 2.48. The summed E-state index contributed by atoms with van der Waals surface area (Å²) in [6.45, 7) is 2.37. The second kappa shape index (κ2) is 7.56. The average molecular weight is 272 g/mol. The van der Waals surface area contributed by atoms with Gasteiger partial charge in [-0.1, -0.05) is 31.5 Å². The fourth-order valence-electron chi connectivity index (χ4n) is 1.84. The van der Waals surface area contributed by atoms with E-state index in [-0.39, 0.29) is 0 Å². The molecule has 1 N–H and O–H groups in total. The van der Waals surface area contributed by atoms with E-state index in [0.29, 0.717) is 6.61 Å². The zero-order valence-corrected chi connectivity index (χ0v) is 11.7. The summed E-state index contributed by atoms with van der Waals surface area (Å²) in [5.74, 6) is 2.30. The van der Waals surface area contributed by atoms with Crippen LogP contribution in [0.2, 0.25) is 0 Å². The van der Waals surface area contributed by atoms with E-state index >= 15 is 0 Å². The molecule has 2 aromatic carbocycles. The van der Waals surface area contributed by atoms with E-state index in [1.807, 2.05) is 61.5 Å². The largest absolute Gasteiger partial charge is 0.491 e. The Balaban J connectivity index is 1.87. The summed E-state index contributed by atoms with van der Waals surface area (Å²) in [5.41, 5.74) is 0. The highest BCUT2D eigenvalue weighted by atomic mass is 16.5. The molecule has 0 saturated carbocycles. The van der Waals surface area contributed by atoms with E-state index in [1.54, 1.807) is 0 Å².